The summed E-state index contributed by atoms with van der Waals surface area (Å²) in [6.45, 7) is 2.46. The quantitative estimate of drug-likeness (QED) is 0.609. The Kier molecular flexibility index (Phi) is 5.42. The van der Waals surface area contributed by atoms with E-state index in [1.807, 2.05) is 24.3 Å². The predicted octanol–water partition coefficient (Wildman–Crippen LogP) is 5.05. The summed E-state index contributed by atoms with van der Waals surface area (Å²) in [5.74, 6) is 0.903. The molecule has 0 spiro atoms. The highest BCUT2D eigenvalue weighted by atomic mass is 35.5. The van der Waals surface area contributed by atoms with Gasteiger partial charge in [0.05, 0.1) is 16.3 Å². The monoisotopic (exact) mass is 428 g/mol. The zero-order chi connectivity index (χ0) is 20.4. The first-order chi connectivity index (χ1) is 14.0. The van der Waals surface area contributed by atoms with E-state index in [0.29, 0.717) is 40.2 Å². The van der Waals surface area contributed by atoms with Gasteiger partial charge in [0.25, 0.3) is 5.91 Å². The van der Waals surface area contributed by atoms with E-state index < -0.39 is 0 Å². The molecule has 0 unspecified atom stereocenters. The Morgan fingerprint density at radius 1 is 0.931 bits per heavy atom. The second-order valence-corrected chi connectivity index (χ2v) is 7.87. The van der Waals surface area contributed by atoms with Crippen LogP contribution in [0.5, 0.6) is 11.5 Å². The largest absolute Gasteiger partial charge is 0.486 e. The number of rotatable bonds is 4. The van der Waals surface area contributed by atoms with Crippen molar-refractivity contribution in [2.24, 2.45) is 0 Å². The molecule has 2 N–H and O–H groups in total. The lowest BCUT2D eigenvalue weighted by Crippen LogP contribution is -2.15. The van der Waals surface area contributed by atoms with Crippen LogP contribution in [-0.4, -0.2) is 25.0 Å². The van der Waals surface area contributed by atoms with E-state index in [0.717, 1.165) is 16.2 Å². The molecule has 0 saturated carbocycles. The van der Waals surface area contributed by atoms with E-state index >= 15 is 0 Å². The lowest BCUT2D eigenvalue weighted by molar-refractivity contribution is -0.114. The number of amides is 2. The molecule has 0 bridgehead atoms. The number of hydrogen-bond acceptors (Lipinski definition) is 5. The van der Waals surface area contributed by atoms with Crippen LogP contribution in [0.25, 0.3) is 10.4 Å². The minimum Gasteiger partial charge on any atom is -0.486 e. The molecule has 4 rings (SSSR count). The standard InChI is InChI=1S/C21H17ClN2O4S/c1-12(25)23-15-4-3-14(22)11-16(15)24-21(26)20-7-6-19(29-20)13-2-5-17-18(10-13)28-9-8-27-17/h2-7,10-11H,8-9H2,1H3,(H,23,25)(H,24,26). The maximum Gasteiger partial charge on any atom is 0.265 e. The van der Waals surface area contributed by atoms with Crippen LogP contribution in [0.15, 0.2) is 48.5 Å². The number of halogens is 1. The molecule has 3 aromatic rings. The molecule has 0 saturated heterocycles. The molecular weight excluding hydrogens is 412 g/mol. The van der Waals surface area contributed by atoms with Gasteiger partial charge in [-0.3, -0.25) is 9.59 Å². The molecule has 2 aromatic carbocycles. The summed E-state index contributed by atoms with van der Waals surface area (Å²) in [6.07, 6.45) is 0. The van der Waals surface area contributed by atoms with Gasteiger partial charge in [-0.25, -0.2) is 0 Å². The van der Waals surface area contributed by atoms with E-state index in [9.17, 15) is 9.59 Å². The van der Waals surface area contributed by atoms with Crippen molar-refractivity contribution in [2.75, 3.05) is 23.8 Å². The first kappa shape index (κ1) is 19.3. The second kappa shape index (κ2) is 8.14. The van der Waals surface area contributed by atoms with Gasteiger partial charge in [0.15, 0.2) is 11.5 Å². The van der Waals surface area contributed by atoms with Gasteiger partial charge in [-0.2, -0.15) is 0 Å². The second-order valence-electron chi connectivity index (χ2n) is 6.35. The number of carbonyl (C=O) groups excluding carboxylic acids is 2. The Morgan fingerprint density at radius 3 is 2.52 bits per heavy atom. The molecule has 1 aromatic heterocycles. The maximum atomic E-state index is 12.7. The number of ether oxygens (including phenoxy) is 2. The average Bonchev–Trinajstić information content (AvgIpc) is 3.20. The number of carbonyl (C=O) groups is 2. The fourth-order valence-corrected chi connectivity index (χ4v) is 3.98. The third-order valence-electron chi connectivity index (χ3n) is 4.20. The van der Waals surface area contributed by atoms with Gasteiger partial charge in [-0.05, 0) is 54.1 Å². The topological polar surface area (TPSA) is 76.7 Å². The molecule has 0 atom stereocenters. The number of fused-ring (bicyclic) bond motifs is 1. The Hall–Kier alpha value is -3.03. The van der Waals surface area contributed by atoms with Gasteiger partial charge in [0.1, 0.15) is 13.2 Å². The van der Waals surface area contributed by atoms with Crippen molar-refractivity contribution in [1.82, 2.24) is 0 Å². The predicted molar refractivity (Wildman–Crippen MR) is 114 cm³/mol. The summed E-state index contributed by atoms with van der Waals surface area (Å²) in [6, 6.07) is 14.3. The number of thiophene rings is 1. The zero-order valence-corrected chi connectivity index (χ0v) is 17.0. The fourth-order valence-electron chi connectivity index (χ4n) is 2.91. The van der Waals surface area contributed by atoms with E-state index in [4.69, 9.17) is 21.1 Å². The van der Waals surface area contributed by atoms with Crippen molar-refractivity contribution in [3.05, 3.63) is 58.4 Å². The van der Waals surface area contributed by atoms with Crippen molar-refractivity contribution in [3.8, 4) is 21.9 Å². The highest BCUT2D eigenvalue weighted by molar-refractivity contribution is 7.17. The molecular formula is C21H17ClN2O4S. The van der Waals surface area contributed by atoms with Crippen LogP contribution in [0.1, 0.15) is 16.6 Å². The molecule has 0 fully saturated rings. The van der Waals surface area contributed by atoms with E-state index in [1.165, 1.54) is 18.3 Å². The van der Waals surface area contributed by atoms with Gasteiger partial charge in [-0.15, -0.1) is 11.3 Å². The smallest absolute Gasteiger partial charge is 0.265 e. The van der Waals surface area contributed by atoms with Crippen molar-refractivity contribution in [3.63, 3.8) is 0 Å². The minimum atomic E-state index is -0.285. The van der Waals surface area contributed by atoms with E-state index in [-0.39, 0.29) is 11.8 Å². The normalized spacial score (nSPS) is 12.3. The maximum absolute atomic E-state index is 12.7. The Balaban J connectivity index is 1.55. The molecule has 8 heteroatoms. The van der Waals surface area contributed by atoms with Gasteiger partial charge in [0, 0.05) is 16.8 Å². The minimum absolute atomic E-state index is 0.236. The highest BCUT2D eigenvalue weighted by Crippen LogP contribution is 2.37. The third kappa shape index (κ3) is 4.36. The molecule has 0 radical (unpaired) electrons. The van der Waals surface area contributed by atoms with E-state index in [2.05, 4.69) is 10.6 Å². The molecule has 2 heterocycles. The highest BCUT2D eigenvalue weighted by Gasteiger charge is 2.16. The fraction of sp³-hybridized carbons (Fsp3) is 0.143. The van der Waals surface area contributed by atoms with E-state index in [1.54, 1.807) is 24.3 Å². The van der Waals surface area contributed by atoms with Crippen LogP contribution in [0.3, 0.4) is 0 Å². The van der Waals surface area contributed by atoms with Crippen LogP contribution in [0.4, 0.5) is 11.4 Å². The molecule has 1 aliphatic heterocycles. The van der Waals surface area contributed by atoms with Gasteiger partial charge in [-0.1, -0.05) is 11.6 Å². The lowest BCUT2D eigenvalue weighted by Gasteiger charge is -2.18. The van der Waals surface area contributed by atoms with Crippen molar-refractivity contribution in [2.45, 2.75) is 6.92 Å². The molecule has 2 amide bonds. The molecule has 1 aliphatic rings. The molecule has 6 nitrogen and oxygen atoms in total. The summed E-state index contributed by atoms with van der Waals surface area (Å²) < 4.78 is 11.2. The molecule has 148 valence electrons. The summed E-state index contributed by atoms with van der Waals surface area (Å²) >= 11 is 7.40. The first-order valence-electron chi connectivity index (χ1n) is 8.88. The third-order valence-corrected chi connectivity index (χ3v) is 5.57. The number of anilines is 2. The van der Waals surface area contributed by atoms with Crippen LogP contribution < -0.4 is 20.1 Å². The van der Waals surface area contributed by atoms with Crippen LogP contribution >= 0.6 is 22.9 Å². The number of benzene rings is 2. The summed E-state index contributed by atoms with van der Waals surface area (Å²) in [5.41, 5.74) is 1.87. The molecule has 29 heavy (non-hydrogen) atoms. The first-order valence-corrected chi connectivity index (χ1v) is 10.1. The van der Waals surface area contributed by atoms with Crippen molar-refractivity contribution >= 4 is 46.1 Å². The van der Waals surface area contributed by atoms with Crippen LogP contribution in [0, 0.1) is 0 Å². The average molecular weight is 429 g/mol. The zero-order valence-electron chi connectivity index (χ0n) is 15.5. The summed E-state index contributed by atoms with van der Waals surface area (Å²) in [5, 5.41) is 5.95. The lowest BCUT2D eigenvalue weighted by atomic mass is 10.1. The van der Waals surface area contributed by atoms with Gasteiger partial charge >= 0.3 is 0 Å². The van der Waals surface area contributed by atoms with Crippen molar-refractivity contribution in [1.29, 1.82) is 0 Å². The Bertz CT molecular complexity index is 1100. The van der Waals surface area contributed by atoms with Gasteiger partial charge < -0.3 is 20.1 Å². The SMILES string of the molecule is CC(=O)Nc1ccc(Cl)cc1NC(=O)c1ccc(-c2ccc3c(c2)OCCO3)s1. The number of nitrogens with one attached hydrogen (secondary N) is 2. The number of hydrogen-bond donors (Lipinski definition) is 2. The van der Waals surface area contributed by atoms with Crippen LogP contribution in [0.2, 0.25) is 5.02 Å². The Morgan fingerprint density at radius 2 is 1.72 bits per heavy atom. The summed E-state index contributed by atoms with van der Waals surface area (Å²) in [4.78, 5) is 25.6. The van der Waals surface area contributed by atoms with Crippen LogP contribution in [-0.2, 0) is 4.79 Å². The van der Waals surface area contributed by atoms with Gasteiger partial charge in [0.2, 0.25) is 5.91 Å². The Labute approximate surface area is 176 Å². The van der Waals surface area contributed by atoms with Crippen molar-refractivity contribution < 1.29 is 19.1 Å². The molecule has 0 aliphatic carbocycles. The summed E-state index contributed by atoms with van der Waals surface area (Å²) in [7, 11) is 0.